The number of likely N-dealkylation sites (N-methyl/N-ethyl adjacent to an activating group) is 2. The lowest BCUT2D eigenvalue weighted by atomic mass is 9.99. The van der Waals surface area contributed by atoms with Gasteiger partial charge in [-0.15, -0.1) is 0 Å². The van der Waals surface area contributed by atoms with Crippen LogP contribution in [0.25, 0.3) is 0 Å². The zero-order chi connectivity index (χ0) is 13.2. The molecule has 2 heterocycles. The van der Waals surface area contributed by atoms with Crippen molar-refractivity contribution in [3.8, 4) is 0 Å². The van der Waals surface area contributed by atoms with E-state index in [1.165, 1.54) is 0 Å². The topological polar surface area (TPSA) is 47.6 Å². The average molecular weight is 254 g/mol. The van der Waals surface area contributed by atoms with Gasteiger partial charge < -0.3 is 15.5 Å². The van der Waals surface area contributed by atoms with Crippen molar-refractivity contribution in [2.45, 2.75) is 31.3 Å². The van der Waals surface area contributed by atoms with Gasteiger partial charge in [0.05, 0.1) is 5.54 Å². The molecule has 5 heteroatoms. The summed E-state index contributed by atoms with van der Waals surface area (Å²) in [6.07, 6.45) is 2.04. The molecule has 5 nitrogen and oxygen atoms in total. The molecule has 0 radical (unpaired) electrons. The quantitative estimate of drug-likeness (QED) is 0.712. The largest absolute Gasteiger partial charge is 0.353 e. The molecule has 2 fully saturated rings. The summed E-state index contributed by atoms with van der Waals surface area (Å²) in [7, 11) is 4.28. The highest BCUT2D eigenvalue weighted by Crippen LogP contribution is 2.18. The van der Waals surface area contributed by atoms with Crippen molar-refractivity contribution in [3.05, 3.63) is 0 Å². The molecule has 1 amide bonds. The fraction of sp³-hybridized carbons (Fsp3) is 0.923. The molecule has 0 aromatic carbocycles. The minimum atomic E-state index is -0.348. The summed E-state index contributed by atoms with van der Waals surface area (Å²) in [6, 6.07) is 0.428. The number of carbonyl (C=O) groups excluding carboxylic acids is 1. The van der Waals surface area contributed by atoms with Crippen LogP contribution >= 0.6 is 0 Å². The van der Waals surface area contributed by atoms with Crippen LogP contribution in [0.5, 0.6) is 0 Å². The van der Waals surface area contributed by atoms with Gasteiger partial charge in [0.2, 0.25) is 5.91 Å². The third-order valence-electron chi connectivity index (χ3n) is 4.35. The summed E-state index contributed by atoms with van der Waals surface area (Å²) >= 11 is 0. The van der Waals surface area contributed by atoms with Gasteiger partial charge in [-0.05, 0) is 40.4 Å². The second kappa shape index (κ2) is 5.55. The Hall–Kier alpha value is -0.650. The maximum Gasteiger partial charge on any atom is 0.240 e. The van der Waals surface area contributed by atoms with Crippen LogP contribution in [0.15, 0.2) is 0 Å². The molecule has 2 saturated heterocycles. The van der Waals surface area contributed by atoms with Gasteiger partial charge in [0, 0.05) is 32.2 Å². The van der Waals surface area contributed by atoms with Crippen LogP contribution < -0.4 is 10.6 Å². The third-order valence-corrected chi connectivity index (χ3v) is 4.35. The van der Waals surface area contributed by atoms with Crippen LogP contribution in [0.1, 0.15) is 19.8 Å². The van der Waals surface area contributed by atoms with E-state index >= 15 is 0 Å². The van der Waals surface area contributed by atoms with Crippen LogP contribution in [-0.2, 0) is 4.79 Å². The monoisotopic (exact) mass is 254 g/mol. The van der Waals surface area contributed by atoms with Crippen molar-refractivity contribution in [2.24, 2.45) is 0 Å². The predicted molar refractivity (Wildman–Crippen MR) is 72.6 cm³/mol. The van der Waals surface area contributed by atoms with E-state index in [-0.39, 0.29) is 11.4 Å². The summed E-state index contributed by atoms with van der Waals surface area (Å²) in [5.41, 5.74) is -0.348. The first kappa shape index (κ1) is 13.8. The molecule has 104 valence electrons. The van der Waals surface area contributed by atoms with Crippen molar-refractivity contribution >= 4 is 5.91 Å². The van der Waals surface area contributed by atoms with E-state index in [0.717, 1.165) is 45.6 Å². The van der Waals surface area contributed by atoms with Gasteiger partial charge in [0.15, 0.2) is 0 Å². The lowest BCUT2D eigenvalue weighted by Crippen LogP contribution is -2.57. The number of amides is 1. The molecule has 0 aliphatic carbocycles. The van der Waals surface area contributed by atoms with Crippen LogP contribution in [0.2, 0.25) is 0 Å². The van der Waals surface area contributed by atoms with E-state index in [1.807, 2.05) is 6.92 Å². The predicted octanol–water partition coefficient (Wildman–Crippen LogP) is -0.509. The smallest absolute Gasteiger partial charge is 0.240 e. The summed E-state index contributed by atoms with van der Waals surface area (Å²) in [5.74, 6) is 0.154. The minimum absolute atomic E-state index is 0.154. The number of nitrogens with one attached hydrogen (secondary N) is 2. The first-order valence-electron chi connectivity index (χ1n) is 6.93. The molecule has 2 unspecified atom stereocenters. The van der Waals surface area contributed by atoms with Crippen molar-refractivity contribution in [3.63, 3.8) is 0 Å². The molecule has 0 aromatic heterocycles. The number of hydrogen-bond donors (Lipinski definition) is 2. The van der Waals surface area contributed by atoms with E-state index in [9.17, 15) is 4.79 Å². The van der Waals surface area contributed by atoms with Gasteiger partial charge in [-0.1, -0.05) is 0 Å². The minimum Gasteiger partial charge on any atom is -0.353 e. The third kappa shape index (κ3) is 3.02. The number of nitrogens with zero attached hydrogens (tertiary/aromatic N) is 2. The van der Waals surface area contributed by atoms with Crippen LogP contribution in [0, 0.1) is 0 Å². The first-order valence-corrected chi connectivity index (χ1v) is 6.93. The van der Waals surface area contributed by atoms with Crippen molar-refractivity contribution in [2.75, 3.05) is 46.8 Å². The van der Waals surface area contributed by atoms with E-state index in [4.69, 9.17) is 0 Å². The molecule has 2 rings (SSSR count). The van der Waals surface area contributed by atoms with Crippen molar-refractivity contribution < 1.29 is 4.79 Å². The van der Waals surface area contributed by atoms with Gasteiger partial charge in [-0.25, -0.2) is 0 Å². The molecule has 0 spiro atoms. The van der Waals surface area contributed by atoms with E-state index in [1.54, 1.807) is 0 Å². The zero-order valence-electron chi connectivity index (χ0n) is 11.8. The second-order valence-electron chi connectivity index (χ2n) is 5.97. The van der Waals surface area contributed by atoms with Gasteiger partial charge in [0.1, 0.15) is 0 Å². The molecule has 2 N–H and O–H groups in total. The Morgan fingerprint density at radius 2 is 2.22 bits per heavy atom. The molecule has 2 atom stereocenters. The highest BCUT2D eigenvalue weighted by atomic mass is 16.2. The van der Waals surface area contributed by atoms with E-state index in [2.05, 4.69) is 34.5 Å². The molecule has 0 bridgehead atoms. The Labute approximate surface area is 110 Å². The van der Waals surface area contributed by atoms with Crippen molar-refractivity contribution in [1.29, 1.82) is 0 Å². The molecule has 0 saturated carbocycles. The van der Waals surface area contributed by atoms with Gasteiger partial charge in [0.25, 0.3) is 0 Å². The summed E-state index contributed by atoms with van der Waals surface area (Å²) in [6.45, 7) is 6.92. The fourth-order valence-corrected chi connectivity index (χ4v) is 2.82. The Bertz CT molecular complexity index is 301. The Morgan fingerprint density at radius 3 is 2.89 bits per heavy atom. The van der Waals surface area contributed by atoms with Crippen LogP contribution in [0.3, 0.4) is 0 Å². The fourth-order valence-electron chi connectivity index (χ4n) is 2.82. The zero-order valence-corrected chi connectivity index (χ0v) is 11.8. The molecule has 2 aliphatic heterocycles. The number of rotatable bonds is 3. The highest BCUT2D eigenvalue weighted by Gasteiger charge is 2.36. The van der Waals surface area contributed by atoms with Crippen LogP contribution in [-0.4, -0.2) is 74.1 Å². The number of carbonyl (C=O) groups is 1. The summed E-state index contributed by atoms with van der Waals surface area (Å²) < 4.78 is 0. The number of piperazine rings is 1. The Kier molecular flexibility index (Phi) is 4.25. The van der Waals surface area contributed by atoms with E-state index in [0.29, 0.717) is 6.04 Å². The Balaban J connectivity index is 1.81. The lowest BCUT2D eigenvalue weighted by molar-refractivity contribution is -0.126. The summed E-state index contributed by atoms with van der Waals surface area (Å²) in [5, 5.41) is 6.42. The van der Waals surface area contributed by atoms with Gasteiger partial charge >= 0.3 is 0 Å². The van der Waals surface area contributed by atoms with Crippen LogP contribution in [0.4, 0.5) is 0 Å². The summed E-state index contributed by atoms with van der Waals surface area (Å²) in [4.78, 5) is 16.9. The maximum atomic E-state index is 12.2. The standard InChI is InChI=1S/C13H26N4O/c1-13(5-4-6-15-13)12(18)14-9-11-10-16(2)7-8-17(11)3/h11,15H,4-10H2,1-3H3,(H,14,18). The Morgan fingerprint density at radius 1 is 1.44 bits per heavy atom. The second-order valence-corrected chi connectivity index (χ2v) is 5.97. The van der Waals surface area contributed by atoms with Crippen molar-refractivity contribution in [1.82, 2.24) is 20.4 Å². The van der Waals surface area contributed by atoms with Gasteiger partial charge in [-0.3, -0.25) is 9.69 Å². The average Bonchev–Trinajstić information content (AvgIpc) is 2.78. The highest BCUT2D eigenvalue weighted by molar-refractivity contribution is 5.86. The van der Waals surface area contributed by atoms with Gasteiger partial charge in [-0.2, -0.15) is 0 Å². The molecule has 0 aromatic rings. The maximum absolute atomic E-state index is 12.2. The van der Waals surface area contributed by atoms with E-state index < -0.39 is 0 Å². The molecular formula is C13H26N4O. The number of hydrogen-bond acceptors (Lipinski definition) is 4. The molecule has 18 heavy (non-hydrogen) atoms. The normalized spacial score (nSPS) is 34.7. The lowest BCUT2D eigenvalue weighted by Gasteiger charge is -2.38. The molecular weight excluding hydrogens is 228 g/mol. The molecule has 2 aliphatic rings. The SMILES string of the molecule is CN1CCN(C)C(CNC(=O)C2(C)CCCN2)C1. The first-order chi connectivity index (χ1) is 8.51.